The Morgan fingerprint density at radius 3 is 2.95 bits per heavy atom. The van der Waals surface area contributed by atoms with Gasteiger partial charge >= 0.3 is 0 Å². The maximum absolute atomic E-state index is 11.7. The van der Waals surface area contributed by atoms with Gasteiger partial charge in [0.05, 0.1) is 17.7 Å². The van der Waals surface area contributed by atoms with Gasteiger partial charge in [0, 0.05) is 33.5 Å². The molecular weight excluding hydrogens is 286 g/mol. The van der Waals surface area contributed by atoms with Gasteiger partial charge in [0.1, 0.15) is 17.1 Å². The molecule has 1 aromatic heterocycles. The van der Waals surface area contributed by atoms with E-state index in [1.54, 1.807) is 13.2 Å². The van der Waals surface area contributed by atoms with Crippen LogP contribution in [-0.2, 0) is 23.0 Å². The summed E-state index contributed by atoms with van der Waals surface area (Å²) in [6, 6.07) is 3.17. The molecule has 0 radical (unpaired) electrons. The average Bonchev–Trinajstić information content (AvgIpc) is 2.82. The Morgan fingerprint density at radius 1 is 1.50 bits per heavy atom. The number of aryl methyl sites for hydroxylation is 2. The summed E-state index contributed by atoms with van der Waals surface area (Å²) < 4.78 is 6.69. The van der Waals surface area contributed by atoms with Crippen LogP contribution in [0.2, 0.25) is 0 Å². The minimum Gasteiger partial charge on any atom is -0.507 e. The monoisotopic (exact) mass is 305 g/mol. The number of carbonyl (C=O) groups excluding carboxylic acids is 2. The van der Waals surface area contributed by atoms with Crippen molar-refractivity contribution in [2.45, 2.75) is 12.8 Å². The Morgan fingerprint density at radius 2 is 2.27 bits per heavy atom. The van der Waals surface area contributed by atoms with Crippen LogP contribution in [0.3, 0.4) is 0 Å². The quantitative estimate of drug-likeness (QED) is 0.582. The molecule has 1 aromatic carbocycles. The molecule has 7 heteroatoms. The SMILES string of the molecule is COCCNC(=O)CCc1nc2c(C=O)c(O)ccc2n1C. The molecule has 0 saturated carbocycles. The van der Waals surface area contributed by atoms with Gasteiger partial charge in [-0.25, -0.2) is 4.98 Å². The first-order valence-corrected chi connectivity index (χ1v) is 6.96. The van der Waals surface area contributed by atoms with Crippen molar-refractivity contribution >= 4 is 23.2 Å². The van der Waals surface area contributed by atoms with Gasteiger partial charge in [-0.05, 0) is 12.1 Å². The third-order valence-corrected chi connectivity index (χ3v) is 3.48. The van der Waals surface area contributed by atoms with Crippen molar-refractivity contribution in [1.29, 1.82) is 0 Å². The van der Waals surface area contributed by atoms with Crippen LogP contribution in [0.4, 0.5) is 0 Å². The number of rotatable bonds is 7. The lowest BCUT2D eigenvalue weighted by molar-refractivity contribution is -0.121. The Hall–Kier alpha value is -2.41. The van der Waals surface area contributed by atoms with E-state index in [9.17, 15) is 14.7 Å². The number of aromatic nitrogens is 2. The molecule has 1 amide bonds. The van der Waals surface area contributed by atoms with Gasteiger partial charge in [-0.1, -0.05) is 0 Å². The highest BCUT2D eigenvalue weighted by atomic mass is 16.5. The number of nitrogens with one attached hydrogen (secondary N) is 1. The number of ether oxygens (including phenoxy) is 1. The maximum Gasteiger partial charge on any atom is 0.220 e. The Kier molecular flexibility index (Phi) is 5.11. The second kappa shape index (κ2) is 7.04. The van der Waals surface area contributed by atoms with Crippen molar-refractivity contribution in [3.63, 3.8) is 0 Å². The first kappa shape index (κ1) is 16.0. The van der Waals surface area contributed by atoms with E-state index in [0.717, 1.165) is 5.52 Å². The smallest absolute Gasteiger partial charge is 0.220 e. The number of phenols is 1. The van der Waals surface area contributed by atoms with Crippen LogP contribution in [0.15, 0.2) is 12.1 Å². The molecule has 0 unspecified atom stereocenters. The first-order valence-electron chi connectivity index (χ1n) is 6.96. The molecule has 0 fully saturated rings. The van der Waals surface area contributed by atoms with E-state index in [1.165, 1.54) is 6.07 Å². The summed E-state index contributed by atoms with van der Waals surface area (Å²) in [6.45, 7) is 0.945. The predicted molar refractivity (Wildman–Crippen MR) is 81.0 cm³/mol. The number of hydrogen-bond donors (Lipinski definition) is 2. The lowest BCUT2D eigenvalue weighted by Gasteiger charge is -2.04. The third-order valence-electron chi connectivity index (χ3n) is 3.48. The average molecular weight is 305 g/mol. The van der Waals surface area contributed by atoms with Gasteiger partial charge in [-0.3, -0.25) is 9.59 Å². The van der Waals surface area contributed by atoms with Crippen LogP contribution in [0.5, 0.6) is 5.75 Å². The van der Waals surface area contributed by atoms with Crippen LogP contribution < -0.4 is 5.32 Å². The predicted octanol–water partition coefficient (Wildman–Crippen LogP) is 0.787. The molecule has 7 nitrogen and oxygen atoms in total. The number of aldehydes is 1. The number of imidazole rings is 1. The number of fused-ring (bicyclic) bond motifs is 1. The van der Waals surface area contributed by atoms with Crippen LogP contribution in [0.25, 0.3) is 11.0 Å². The fourth-order valence-corrected chi connectivity index (χ4v) is 2.26. The van der Waals surface area contributed by atoms with Gasteiger partial charge in [0.25, 0.3) is 0 Å². The molecule has 0 spiro atoms. The van der Waals surface area contributed by atoms with Gasteiger partial charge in [0.15, 0.2) is 6.29 Å². The van der Waals surface area contributed by atoms with E-state index in [1.807, 2.05) is 11.6 Å². The molecule has 2 rings (SSSR count). The molecule has 2 aromatic rings. The van der Waals surface area contributed by atoms with Crippen molar-refractivity contribution in [2.75, 3.05) is 20.3 Å². The topological polar surface area (TPSA) is 93.4 Å². The van der Waals surface area contributed by atoms with E-state index >= 15 is 0 Å². The molecule has 0 aliphatic carbocycles. The van der Waals surface area contributed by atoms with E-state index < -0.39 is 0 Å². The van der Waals surface area contributed by atoms with E-state index in [0.29, 0.717) is 43.6 Å². The number of phenolic OH excluding ortho intramolecular Hbond substituents is 1. The lowest BCUT2D eigenvalue weighted by atomic mass is 10.2. The van der Waals surface area contributed by atoms with Gasteiger partial charge in [-0.2, -0.15) is 0 Å². The summed E-state index contributed by atoms with van der Waals surface area (Å²) in [7, 11) is 3.39. The first-order chi connectivity index (χ1) is 10.6. The van der Waals surface area contributed by atoms with Crippen LogP contribution in [0.1, 0.15) is 22.6 Å². The minimum atomic E-state index is -0.0931. The number of carbonyl (C=O) groups is 2. The van der Waals surface area contributed by atoms with Crippen LogP contribution in [0, 0.1) is 0 Å². The van der Waals surface area contributed by atoms with E-state index in [2.05, 4.69) is 10.3 Å². The van der Waals surface area contributed by atoms with Gasteiger partial charge in [0.2, 0.25) is 5.91 Å². The summed E-state index contributed by atoms with van der Waals surface area (Å²) in [5.41, 5.74) is 1.37. The second-order valence-corrected chi connectivity index (χ2v) is 4.91. The molecule has 22 heavy (non-hydrogen) atoms. The number of nitrogens with zero attached hydrogens (tertiary/aromatic N) is 2. The molecule has 1 heterocycles. The zero-order chi connectivity index (χ0) is 16.1. The largest absolute Gasteiger partial charge is 0.507 e. The van der Waals surface area contributed by atoms with E-state index in [-0.39, 0.29) is 17.2 Å². The Balaban J connectivity index is 2.14. The van der Waals surface area contributed by atoms with Gasteiger partial charge in [-0.15, -0.1) is 0 Å². The number of benzene rings is 1. The third kappa shape index (κ3) is 3.25. The summed E-state index contributed by atoms with van der Waals surface area (Å²) in [6.07, 6.45) is 1.33. The van der Waals surface area contributed by atoms with Gasteiger partial charge < -0.3 is 19.7 Å². The standard InChI is InChI=1S/C15H19N3O4/c1-18-11-3-4-12(20)10(9-19)15(11)17-13(18)5-6-14(21)16-7-8-22-2/h3-4,9,20H,5-8H2,1-2H3,(H,16,21). The maximum atomic E-state index is 11.7. The minimum absolute atomic E-state index is 0.0810. The summed E-state index contributed by atoms with van der Waals surface area (Å²) in [5, 5.41) is 12.4. The number of amides is 1. The lowest BCUT2D eigenvalue weighted by Crippen LogP contribution is -2.27. The van der Waals surface area contributed by atoms with Crippen molar-refractivity contribution < 1.29 is 19.4 Å². The molecule has 0 bridgehead atoms. The zero-order valence-corrected chi connectivity index (χ0v) is 12.6. The highest BCUT2D eigenvalue weighted by Gasteiger charge is 2.14. The normalized spacial score (nSPS) is 10.8. The molecule has 0 aliphatic rings. The van der Waals surface area contributed by atoms with Crippen LogP contribution >= 0.6 is 0 Å². The second-order valence-electron chi connectivity index (χ2n) is 4.91. The summed E-state index contributed by atoms with van der Waals surface area (Å²) >= 11 is 0. The molecule has 2 N–H and O–H groups in total. The molecule has 0 atom stereocenters. The fourth-order valence-electron chi connectivity index (χ4n) is 2.26. The number of hydrogen-bond acceptors (Lipinski definition) is 5. The zero-order valence-electron chi connectivity index (χ0n) is 12.6. The molecule has 0 saturated heterocycles. The van der Waals surface area contributed by atoms with Crippen molar-refractivity contribution in [2.24, 2.45) is 7.05 Å². The highest BCUT2D eigenvalue weighted by molar-refractivity contribution is 5.97. The van der Waals surface area contributed by atoms with Crippen LogP contribution in [-0.4, -0.2) is 47.1 Å². The van der Waals surface area contributed by atoms with Crippen molar-refractivity contribution in [1.82, 2.24) is 14.9 Å². The van der Waals surface area contributed by atoms with E-state index in [4.69, 9.17) is 4.74 Å². The summed E-state index contributed by atoms with van der Waals surface area (Å²) in [5.74, 6) is 0.512. The Bertz CT molecular complexity index is 694. The molecule has 118 valence electrons. The van der Waals surface area contributed by atoms with Crippen molar-refractivity contribution in [3.8, 4) is 5.75 Å². The highest BCUT2D eigenvalue weighted by Crippen LogP contribution is 2.25. The fraction of sp³-hybridized carbons (Fsp3) is 0.400. The Labute approximate surface area is 127 Å². The van der Waals surface area contributed by atoms with Crippen molar-refractivity contribution in [3.05, 3.63) is 23.5 Å². The molecular formula is C15H19N3O4. The number of aromatic hydroxyl groups is 1. The summed E-state index contributed by atoms with van der Waals surface area (Å²) in [4.78, 5) is 27.2. The number of methoxy groups -OCH3 is 1. The molecule has 0 aliphatic heterocycles.